The summed E-state index contributed by atoms with van der Waals surface area (Å²) < 4.78 is 35.6. The summed E-state index contributed by atoms with van der Waals surface area (Å²) >= 11 is 0. The lowest BCUT2D eigenvalue weighted by molar-refractivity contribution is -0.251. The van der Waals surface area contributed by atoms with Crippen molar-refractivity contribution >= 4 is 10.3 Å². The summed E-state index contributed by atoms with van der Waals surface area (Å²) in [6, 6.07) is -1.62. The monoisotopic (exact) mass is 259 g/mol. The summed E-state index contributed by atoms with van der Waals surface area (Å²) in [5.41, 5.74) is 0. The zero-order valence-electron chi connectivity index (χ0n) is 7.96. The minimum absolute atomic E-state index is 0.659. The lowest BCUT2D eigenvalue weighted by atomic mass is 9.98. The molecule has 1 rings (SSSR count). The maximum Gasteiger partial charge on any atom is 0.333 e. The van der Waals surface area contributed by atoms with E-state index in [0.29, 0.717) is 0 Å². The first-order chi connectivity index (χ1) is 7.26. The predicted molar refractivity (Wildman–Crippen MR) is 48.5 cm³/mol. The molecule has 0 aromatic heterocycles. The van der Waals surface area contributed by atoms with Gasteiger partial charge in [0.2, 0.25) is 0 Å². The fraction of sp³-hybridized carbons (Fsp3) is 1.00. The summed E-state index contributed by atoms with van der Waals surface area (Å²) in [4.78, 5) is 0. The van der Waals surface area contributed by atoms with E-state index in [1.54, 1.807) is 0 Å². The van der Waals surface area contributed by atoms with Crippen LogP contribution in [0.5, 0.6) is 0 Å². The Balaban J connectivity index is 2.80. The maximum absolute atomic E-state index is 10.5. The molecule has 0 amide bonds. The molecule has 6 N–H and O–H groups in total. The molecule has 10 heteroatoms. The topological polar surface area (TPSA) is 157 Å². The molecule has 1 saturated heterocycles. The molecule has 5 atom stereocenters. The maximum atomic E-state index is 10.5. The smallest absolute Gasteiger partial charge is 0.333 e. The highest BCUT2D eigenvalue weighted by atomic mass is 32.2. The van der Waals surface area contributed by atoms with Gasteiger partial charge in [0.25, 0.3) is 0 Å². The van der Waals surface area contributed by atoms with Crippen molar-refractivity contribution in [3.05, 3.63) is 0 Å². The average Bonchev–Trinajstić information content (AvgIpc) is 2.17. The highest BCUT2D eigenvalue weighted by Gasteiger charge is 2.44. The van der Waals surface area contributed by atoms with E-state index in [9.17, 15) is 23.7 Å². The van der Waals surface area contributed by atoms with E-state index < -0.39 is 47.6 Å². The first-order valence-corrected chi connectivity index (χ1v) is 5.75. The van der Waals surface area contributed by atoms with Gasteiger partial charge in [-0.2, -0.15) is 13.1 Å². The fourth-order valence-corrected chi connectivity index (χ4v) is 2.00. The van der Waals surface area contributed by atoms with Crippen LogP contribution in [0.3, 0.4) is 0 Å². The summed E-state index contributed by atoms with van der Waals surface area (Å²) in [6.07, 6.45) is -6.34. The molecule has 0 aromatic carbocycles. The minimum atomic E-state index is -4.66. The van der Waals surface area contributed by atoms with Crippen molar-refractivity contribution in [3.63, 3.8) is 0 Å². The second-order valence-electron chi connectivity index (χ2n) is 3.35. The predicted octanol–water partition coefficient (Wildman–Crippen LogP) is -3.82. The Hall–Kier alpha value is -0.330. The van der Waals surface area contributed by atoms with Crippen molar-refractivity contribution in [2.45, 2.75) is 30.6 Å². The Labute approximate surface area is 91.2 Å². The molecule has 1 fully saturated rings. The number of hydrogen-bond donors (Lipinski definition) is 6. The van der Waals surface area contributed by atoms with Gasteiger partial charge in [0, 0.05) is 0 Å². The van der Waals surface area contributed by atoms with Gasteiger partial charge < -0.3 is 25.2 Å². The fourth-order valence-electron chi connectivity index (χ4n) is 1.40. The molecule has 0 aliphatic carbocycles. The van der Waals surface area contributed by atoms with Crippen molar-refractivity contribution in [2.24, 2.45) is 0 Å². The summed E-state index contributed by atoms with van der Waals surface area (Å²) in [7, 11) is -4.66. The molecule has 1 aliphatic heterocycles. The second kappa shape index (κ2) is 4.89. The van der Waals surface area contributed by atoms with Gasteiger partial charge in [0.05, 0.1) is 6.61 Å². The van der Waals surface area contributed by atoms with Crippen LogP contribution in [-0.2, 0) is 15.0 Å². The Morgan fingerprint density at radius 1 is 1.19 bits per heavy atom. The number of aliphatic hydroxyl groups excluding tert-OH is 4. The minimum Gasteiger partial charge on any atom is -0.394 e. The van der Waals surface area contributed by atoms with Crippen LogP contribution in [0.15, 0.2) is 0 Å². The van der Waals surface area contributed by atoms with Gasteiger partial charge in [-0.1, -0.05) is 0 Å². The van der Waals surface area contributed by atoms with Gasteiger partial charge >= 0.3 is 10.3 Å². The Bertz CT molecular complexity index is 331. The first kappa shape index (κ1) is 13.7. The van der Waals surface area contributed by atoms with Crippen molar-refractivity contribution in [2.75, 3.05) is 6.61 Å². The quantitative estimate of drug-likeness (QED) is 0.281. The van der Waals surface area contributed by atoms with Crippen LogP contribution in [0.1, 0.15) is 0 Å². The van der Waals surface area contributed by atoms with E-state index in [4.69, 9.17) is 9.66 Å². The number of hydrogen-bond acceptors (Lipinski definition) is 7. The average molecular weight is 259 g/mol. The van der Waals surface area contributed by atoms with Gasteiger partial charge in [0.1, 0.15) is 24.4 Å². The molecule has 96 valence electrons. The van der Waals surface area contributed by atoms with Gasteiger partial charge in [-0.15, -0.1) is 0 Å². The molecule has 9 nitrogen and oxygen atoms in total. The van der Waals surface area contributed by atoms with E-state index >= 15 is 0 Å². The Kier molecular flexibility index (Phi) is 4.20. The van der Waals surface area contributed by atoms with Gasteiger partial charge in [-0.25, -0.2) is 0 Å². The van der Waals surface area contributed by atoms with Gasteiger partial charge in [0.15, 0.2) is 6.29 Å². The highest BCUT2D eigenvalue weighted by molar-refractivity contribution is 7.83. The zero-order valence-corrected chi connectivity index (χ0v) is 8.78. The SMILES string of the molecule is O=S(=O)(O)N[C@@H]1[C@@H](O)[C@H](O)[C@@H](CO)O[C@H]1O. The Morgan fingerprint density at radius 2 is 1.75 bits per heavy atom. The van der Waals surface area contributed by atoms with Crippen molar-refractivity contribution < 1.29 is 38.1 Å². The van der Waals surface area contributed by atoms with Crippen LogP contribution < -0.4 is 4.72 Å². The molecule has 0 aromatic rings. The van der Waals surface area contributed by atoms with E-state index in [1.807, 2.05) is 0 Å². The number of nitrogens with one attached hydrogen (secondary N) is 1. The third-order valence-corrected chi connectivity index (χ3v) is 2.76. The number of rotatable bonds is 3. The molecule has 1 heterocycles. The van der Waals surface area contributed by atoms with Crippen LogP contribution in [0.25, 0.3) is 0 Å². The zero-order chi connectivity index (χ0) is 12.5. The molecule has 0 radical (unpaired) electrons. The van der Waals surface area contributed by atoms with Crippen LogP contribution in [0.4, 0.5) is 0 Å². The lowest BCUT2D eigenvalue weighted by Gasteiger charge is -2.39. The number of ether oxygens (including phenoxy) is 1. The summed E-state index contributed by atoms with van der Waals surface area (Å²) in [5, 5.41) is 36.8. The van der Waals surface area contributed by atoms with Crippen molar-refractivity contribution in [1.82, 2.24) is 4.72 Å². The summed E-state index contributed by atoms with van der Waals surface area (Å²) in [5.74, 6) is 0. The normalized spacial score (nSPS) is 40.9. The van der Waals surface area contributed by atoms with Gasteiger partial charge in [-0.3, -0.25) is 4.55 Å². The van der Waals surface area contributed by atoms with Gasteiger partial charge in [-0.05, 0) is 0 Å². The van der Waals surface area contributed by atoms with Crippen LogP contribution in [0.2, 0.25) is 0 Å². The van der Waals surface area contributed by atoms with E-state index in [0.717, 1.165) is 0 Å². The molecular formula is C6H13NO8S. The number of aliphatic hydroxyl groups is 4. The molecule has 0 unspecified atom stereocenters. The highest BCUT2D eigenvalue weighted by Crippen LogP contribution is 2.19. The molecule has 16 heavy (non-hydrogen) atoms. The van der Waals surface area contributed by atoms with E-state index in [-0.39, 0.29) is 0 Å². The molecule has 0 spiro atoms. The van der Waals surface area contributed by atoms with E-state index in [2.05, 4.69) is 4.74 Å². The van der Waals surface area contributed by atoms with E-state index in [1.165, 1.54) is 4.72 Å². The largest absolute Gasteiger partial charge is 0.394 e. The van der Waals surface area contributed by atoms with Crippen LogP contribution in [0, 0.1) is 0 Å². The molecule has 0 bridgehead atoms. The molecule has 0 saturated carbocycles. The van der Waals surface area contributed by atoms with Crippen molar-refractivity contribution in [1.29, 1.82) is 0 Å². The lowest BCUT2D eigenvalue weighted by Crippen LogP contribution is -2.64. The molecular weight excluding hydrogens is 246 g/mol. The standard InChI is InChI=1S/C6H13NO8S/c8-1-2-4(9)5(10)3(6(11)15-2)7-16(12,13)14/h2-11H,1H2,(H,12,13,14)/t2-,3-,4-,5-,6-/m1/s1. The second-order valence-corrected chi connectivity index (χ2v) is 4.53. The molecule has 1 aliphatic rings. The summed E-state index contributed by atoms with van der Waals surface area (Å²) in [6.45, 7) is -0.659. The Morgan fingerprint density at radius 3 is 2.19 bits per heavy atom. The third-order valence-electron chi connectivity index (χ3n) is 2.19. The van der Waals surface area contributed by atoms with Crippen LogP contribution in [-0.4, -0.2) is 70.6 Å². The van der Waals surface area contributed by atoms with Crippen molar-refractivity contribution in [3.8, 4) is 0 Å². The first-order valence-electron chi connectivity index (χ1n) is 4.31. The van der Waals surface area contributed by atoms with Crippen LogP contribution >= 0.6 is 0 Å². The third kappa shape index (κ3) is 3.09.